The SMILES string of the molecule is C#CCNCCN1CCc2sccc2C1C. The van der Waals surface area contributed by atoms with Crippen LogP contribution in [0.25, 0.3) is 0 Å². The normalized spacial score (nSPS) is 20.4. The van der Waals surface area contributed by atoms with E-state index in [9.17, 15) is 0 Å². The van der Waals surface area contributed by atoms with Crippen LogP contribution in [-0.2, 0) is 6.42 Å². The molecular formula is C13H18N2S. The Kier molecular flexibility index (Phi) is 4.00. The van der Waals surface area contributed by atoms with Gasteiger partial charge in [-0.05, 0) is 30.4 Å². The van der Waals surface area contributed by atoms with Crippen LogP contribution < -0.4 is 5.32 Å². The molecule has 0 bridgehead atoms. The van der Waals surface area contributed by atoms with Gasteiger partial charge in [0.25, 0.3) is 0 Å². The molecule has 1 N–H and O–H groups in total. The largest absolute Gasteiger partial charge is 0.305 e. The molecule has 0 aromatic carbocycles. The molecule has 3 heteroatoms. The van der Waals surface area contributed by atoms with Crippen molar-refractivity contribution >= 4 is 11.3 Å². The smallest absolute Gasteiger partial charge is 0.0574 e. The highest BCUT2D eigenvalue weighted by atomic mass is 32.1. The fourth-order valence-electron chi connectivity index (χ4n) is 2.25. The Labute approximate surface area is 102 Å². The first-order chi connectivity index (χ1) is 7.83. The van der Waals surface area contributed by atoms with E-state index in [0.717, 1.165) is 13.1 Å². The van der Waals surface area contributed by atoms with Crippen molar-refractivity contribution in [2.45, 2.75) is 19.4 Å². The molecule has 0 amide bonds. The Balaban J connectivity index is 1.87. The first kappa shape index (κ1) is 11.7. The van der Waals surface area contributed by atoms with E-state index in [1.54, 1.807) is 4.88 Å². The fourth-order valence-corrected chi connectivity index (χ4v) is 3.21. The zero-order chi connectivity index (χ0) is 11.4. The van der Waals surface area contributed by atoms with E-state index < -0.39 is 0 Å². The number of fused-ring (bicyclic) bond motifs is 1. The maximum absolute atomic E-state index is 5.20. The highest BCUT2D eigenvalue weighted by molar-refractivity contribution is 7.10. The summed E-state index contributed by atoms with van der Waals surface area (Å²) in [4.78, 5) is 4.10. The number of terminal acetylenes is 1. The van der Waals surface area contributed by atoms with E-state index in [0.29, 0.717) is 12.6 Å². The Morgan fingerprint density at radius 3 is 3.38 bits per heavy atom. The molecule has 1 atom stereocenters. The molecule has 0 saturated heterocycles. The van der Waals surface area contributed by atoms with Gasteiger partial charge in [0.1, 0.15) is 0 Å². The zero-order valence-electron chi connectivity index (χ0n) is 9.70. The first-order valence-electron chi connectivity index (χ1n) is 5.77. The molecule has 0 aliphatic carbocycles. The average molecular weight is 234 g/mol. The second kappa shape index (κ2) is 5.49. The van der Waals surface area contributed by atoms with Crippen LogP contribution in [-0.4, -0.2) is 31.1 Å². The number of nitrogens with one attached hydrogen (secondary N) is 1. The van der Waals surface area contributed by atoms with E-state index >= 15 is 0 Å². The van der Waals surface area contributed by atoms with Gasteiger partial charge in [0.05, 0.1) is 6.54 Å². The van der Waals surface area contributed by atoms with Crippen molar-refractivity contribution < 1.29 is 0 Å². The number of thiophene rings is 1. The molecule has 1 aromatic heterocycles. The van der Waals surface area contributed by atoms with Crippen molar-refractivity contribution in [2.24, 2.45) is 0 Å². The molecule has 1 unspecified atom stereocenters. The Morgan fingerprint density at radius 2 is 2.56 bits per heavy atom. The summed E-state index contributed by atoms with van der Waals surface area (Å²) in [6.45, 7) is 6.20. The third-order valence-electron chi connectivity index (χ3n) is 3.21. The van der Waals surface area contributed by atoms with Crippen molar-refractivity contribution in [1.82, 2.24) is 10.2 Å². The Bertz CT molecular complexity index is 378. The zero-order valence-corrected chi connectivity index (χ0v) is 10.5. The molecule has 16 heavy (non-hydrogen) atoms. The minimum absolute atomic E-state index is 0.558. The second-order valence-electron chi connectivity index (χ2n) is 4.14. The van der Waals surface area contributed by atoms with Crippen molar-refractivity contribution in [1.29, 1.82) is 0 Å². The van der Waals surface area contributed by atoms with Crippen LogP contribution in [0.15, 0.2) is 11.4 Å². The van der Waals surface area contributed by atoms with Crippen LogP contribution in [0.3, 0.4) is 0 Å². The van der Waals surface area contributed by atoms with Crippen molar-refractivity contribution in [3.05, 3.63) is 21.9 Å². The maximum Gasteiger partial charge on any atom is 0.0574 e. The minimum atomic E-state index is 0.558. The van der Waals surface area contributed by atoms with Crippen molar-refractivity contribution in [3.63, 3.8) is 0 Å². The quantitative estimate of drug-likeness (QED) is 0.632. The van der Waals surface area contributed by atoms with Gasteiger partial charge in [-0.1, -0.05) is 5.92 Å². The number of hydrogen-bond donors (Lipinski definition) is 1. The first-order valence-corrected chi connectivity index (χ1v) is 6.65. The number of hydrogen-bond acceptors (Lipinski definition) is 3. The number of nitrogens with zero attached hydrogens (tertiary/aromatic N) is 1. The summed E-state index contributed by atoms with van der Waals surface area (Å²) >= 11 is 1.89. The van der Waals surface area contributed by atoms with E-state index in [4.69, 9.17) is 6.42 Å². The molecule has 86 valence electrons. The molecule has 0 spiro atoms. The van der Waals surface area contributed by atoms with Crippen molar-refractivity contribution in [3.8, 4) is 12.3 Å². The lowest BCUT2D eigenvalue weighted by molar-refractivity contribution is 0.202. The summed E-state index contributed by atoms with van der Waals surface area (Å²) in [6.07, 6.45) is 6.40. The topological polar surface area (TPSA) is 15.3 Å². The molecule has 1 aliphatic heterocycles. The van der Waals surface area contributed by atoms with Gasteiger partial charge >= 0.3 is 0 Å². The fraction of sp³-hybridized carbons (Fsp3) is 0.538. The highest BCUT2D eigenvalue weighted by Gasteiger charge is 2.23. The lowest BCUT2D eigenvalue weighted by Gasteiger charge is -2.33. The van der Waals surface area contributed by atoms with Gasteiger partial charge in [0, 0.05) is 30.6 Å². The predicted molar refractivity (Wildman–Crippen MR) is 69.7 cm³/mol. The third kappa shape index (κ3) is 2.46. The molecule has 2 heterocycles. The van der Waals surface area contributed by atoms with Gasteiger partial charge in [0.2, 0.25) is 0 Å². The standard InChI is InChI=1S/C13H18N2S/c1-3-6-14-7-9-15-8-4-13-12(11(15)2)5-10-16-13/h1,5,10-11,14H,4,6-9H2,2H3. The number of rotatable bonds is 4. The van der Waals surface area contributed by atoms with Crippen LogP contribution in [0.5, 0.6) is 0 Å². The Hall–Kier alpha value is -0.820. The molecular weight excluding hydrogens is 216 g/mol. The summed E-state index contributed by atoms with van der Waals surface area (Å²) in [5.74, 6) is 2.60. The van der Waals surface area contributed by atoms with E-state index in [-0.39, 0.29) is 0 Å². The van der Waals surface area contributed by atoms with Gasteiger partial charge in [-0.25, -0.2) is 0 Å². The summed E-state index contributed by atoms with van der Waals surface area (Å²) < 4.78 is 0. The minimum Gasteiger partial charge on any atom is -0.305 e. The van der Waals surface area contributed by atoms with Crippen LogP contribution >= 0.6 is 11.3 Å². The van der Waals surface area contributed by atoms with Crippen LogP contribution in [0.2, 0.25) is 0 Å². The summed E-state index contributed by atoms with van der Waals surface area (Å²) in [5.41, 5.74) is 1.52. The average Bonchev–Trinajstić information content (AvgIpc) is 2.76. The molecule has 0 saturated carbocycles. The molecule has 2 nitrogen and oxygen atoms in total. The van der Waals surface area contributed by atoms with E-state index in [1.807, 2.05) is 11.3 Å². The van der Waals surface area contributed by atoms with Gasteiger partial charge in [-0.3, -0.25) is 4.90 Å². The molecule has 1 aliphatic rings. The lowest BCUT2D eigenvalue weighted by Crippen LogP contribution is -2.38. The molecule has 0 radical (unpaired) electrons. The Morgan fingerprint density at radius 1 is 1.69 bits per heavy atom. The van der Waals surface area contributed by atoms with Gasteiger partial charge in [0.15, 0.2) is 0 Å². The summed E-state index contributed by atoms with van der Waals surface area (Å²) in [6, 6.07) is 2.83. The summed E-state index contributed by atoms with van der Waals surface area (Å²) in [5, 5.41) is 5.46. The maximum atomic E-state index is 5.20. The summed E-state index contributed by atoms with van der Waals surface area (Å²) in [7, 11) is 0. The van der Waals surface area contributed by atoms with Crippen LogP contribution in [0.1, 0.15) is 23.4 Å². The van der Waals surface area contributed by atoms with Gasteiger partial charge in [-0.2, -0.15) is 0 Å². The lowest BCUT2D eigenvalue weighted by atomic mass is 10.0. The van der Waals surface area contributed by atoms with Crippen LogP contribution in [0.4, 0.5) is 0 Å². The van der Waals surface area contributed by atoms with Crippen molar-refractivity contribution in [2.75, 3.05) is 26.2 Å². The predicted octanol–water partition coefficient (Wildman–Crippen LogP) is 1.89. The third-order valence-corrected chi connectivity index (χ3v) is 4.20. The highest BCUT2D eigenvalue weighted by Crippen LogP contribution is 2.32. The molecule has 1 aromatic rings. The van der Waals surface area contributed by atoms with E-state index in [2.05, 4.69) is 34.5 Å². The monoisotopic (exact) mass is 234 g/mol. The van der Waals surface area contributed by atoms with Crippen LogP contribution in [0, 0.1) is 12.3 Å². The van der Waals surface area contributed by atoms with E-state index in [1.165, 1.54) is 18.5 Å². The van der Waals surface area contributed by atoms with Gasteiger partial charge in [-0.15, -0.1) is 17.8 Å². The van der Waals surface area contributed by atoms with Gasteiger partial charge < -0.3 is 5.32 Å². The molecule has 2 rings (SSSR count). The second-order valence-corrected chi connectivity index (χ2v) is 5.14. The molecule has 0 fully saturated rings.